The SMILES string of the molecule is Cc1nn(C)c(COc2ccc(Br)cc2S(N)(=O)=O)c1Br. The molecule has 2 aromatic rings. The van der Waals surface area contributed by atoms with Crippen LogP contribution in [0.1, 0.15) is 11.4 Å². The van der Waals surface area contributed by atoms with Crippen LogP contribution in [0.25, 0.3) is 0 Å². The average molecular weight is 439 g/mol. The van der Waals surface area contributed by atoms with E-state index in [1.54, 1.807) is 23.9 Å². The van der Waals surface area contributed by atoms with Gasteiger partial charge in [-0.2, -0.15) is 5.10 Å². The maximum absolute atomic E-state index is 11.6. The first-order valence-corrected chi connectivity index (χ1v) is 8.96. The topological polar surface area (TPSA) is 87.2 Å². The van der Waals surface area contributed by atoms with Crippen LogP contribution in [0, 0.1) is 6.92 Å². The number of aromatic nitrogens is 2. The van der Waals surface area contributed by atoms with Crippen LogP contribution in [-0.4, -0.2) is 18.2 Å². The number of hydrogen-bond donors (Lipinski definition) is 1. The highest BCUT2D eigenvalue weighted by Gasteiger charge is 2.17. The van der Waals surface area contributed by atoms with Crippen molar-refractivity contribution in [2.45, 2.75) is 18.4 Å². The van der Waals surface area contributed by atoms with Gasteiger partial charge in [-0.05, 0) is 41.1 Å². The number of nitrogens with two attached hydrogens (primary N) is 1. The third-order valence-corrected chi connectivity index (χ3v) is 5.30. The second-order valence-corrected chi connectivity index (χ2v) is 7.63. The van der Waals surface area contributed by atoms with Gasteiger partial charge in [-0.15, -0.1) is 0 Å². The molecule has 0 atom stereocenters. The van der Waals surface area contributed by atoms with Gasteiger partial charge >= 0.3 is 0 Å². The average Bonchev–Trinajstić information content (AvgIpc) is 2.61. The first-order valence-electron chi connectivity index (χ1n) is 5.83. The fourth-order valence-corrected chi connectivity index (χ4v) is 3.47. The summed E-state index contributed by atoms with van der Waals surface area (Å²) in [5, 5.41) is 9.45. The number of primary sulfonamides is 1. The summed E-state index contributed by atoms with van der Waals surface area (Å²) in [6.45, 7) is 2.03. The molecule has 0 saturated carbocycles. The zero-order valence-electron chi connectivity index (χ0n) is 11.3. The number of halogens is 2. The highest BCUT2D eigenvalue weighted by atomic mass is 79.9. The lowest BCUT2D eigenvalue weighted by molar-refractivity contribution is 0.286. The van der Waals surface area contributed by atoms with Crippen molar-refractivity contribution < 1.29 is 13.2 Å². The zero-order valence-corrected chi connectivity index (χ0v) is 15.3. The molecule has 1 aromatic heterocycles. The van der Waals surface area contributed by atoms with E-state index in [-0.39, 0.29) is 17.3 Å². The van der Waals surface area contributed by atoms with Crippen LogP contribution in [0.4, 0.5) is 0 Å². The predicted octanol–water partition coefficient (Wildman–Crippen LogP) is 2.48. The molecule has 1 aromatic carbocycles. The summed E-state index contributed by atoms with van der Waals surface area (Å²) in [4.78, 5) is -0.0631. The number of nitrogens with zero attached hydrogens (tertiary/aromatic N) is 2. The van der Waals surface area contributed by atoms with Crippen LogP contribution in [-0.2, 0) is 23.7 Å². The summed E-state index contributed by atoms with van der Waals surface area (Å²) in [7, 11) is -2.07. The van der Waals surface area contributed by atoms with E-state index in [0.717, 1.165) is 15.9 Å². The molecular formula is C12H13Br2N3O3S. The van der Waals surface area contributed by atoms with Gasteiger partial charge in [0.05, 0.1) is 15.9 Å². The van der Waals surface area contributed by atoms with Gasteiger partial charge in [0.2, 0.25) is 10.0 Å². The van der Waals surface area contributed by atoms with Gasteiger partial charge in [0.1, 0.15) is 17.3 Å². The number of rotatable bonds is 4. The van der Waals surface area contributed by atoms with Crippen LogP contribution in [0.15, 0.2) is 32.0 Å². The summed E-state index contributed by atoms with van der Waals surface area (Å²) in [5.74, 6) is 0.200. The van der Waals surface area contributed by atoms with E-state index >= 15 is 0 Å². The van der Waals surface area contributed by atoms with E-state index in [1.165, 1.54) is 6.07 Å². The Balaban J connectivity index is 2.33. The number of ether oxygens (including phenoxy) is 1. The minimum atomic E-state index is -3.86. The summed E-state index contributed by atoms with van der Waals surface area (Å²) in [5.41, 5.74) is 1.63. The van der Waals surface area contributed by atoms with Crippen molar-refractivity contribution in [1.29, 1.82) is 0 Å². The Labute approximate surface area is 139 Å². The first kappa shape index (κ1) is 16.5. The molecule has 114 valence electrons. The van der Waals surface area contributed by atoms with E-state index in [0.29, 0.717) is 4.47 Å². The summed E-state index contributed by atoms with van der Waals surface area (Å²) < 4.78 is 31.9. The molecule has 0 saturated heterocycles. The van der Waals surface area contributed by atoms with Crippen LogP contribution in [0.5, 0.6) is 5.75 Å². The second kappa shape index (κ2) is 6.07. The number of hydrogen-bond acceptors (Lipinski definition) is 4. The zero-order chi connectivity index (χ0) is 15.8. The Morgan fingerprint density at radius 3 is 2.57 bits per heavy atom. The van der Waals surface area contributed by atoms with Gasteiger partial charge in [0.25, 0.3) is 0 Å². The van der Waals surface area contributed by atoms with Gasteiger partial charge in [-0.25, -0.2) is 13.6 Å². The van der Waals surface area contributed by atoms with E-state index in [1.807, 2.05) is 6.92 Å². The molecule has 0 aliphatic carbocycles. The molecule has 2 N–H and O–H groups in total. The van der Waals surface area contributed by atoms with Crippen LogP contribution < -0.4 is 9.88 Å². The molecule has 9 heteroatoms. The molecule has 0 unspecified atom stereocenters. The monoisotopic (exact) mass is 437 g/mol. The lowest BCUT2D eigenvalue weighted by atomic mass is 10.3. The molecule has 2 rings (SSSR count). The molecule has 0 bridgehead atoms. The molecule has 0 amide bonds. The van der Waals surface area contributed by atoms with Gasteiger partial charge in [0, 0.05) is 11.5 Å². The van der Waals surface area contributed by atoms with Crippen molar-refractivity contribution in [2.75, 3.05) is 0 Å². The number of benzene rings is 1. The third-order valence-electron chi connectivity index (χ3n) is 2.84. The fraction of sp³-hybridized carbons (Fsp3) is 0.250. The van der Waals surface area contributed by atoms with E-state index in [4.69, 9.17) is 9.88 Å². The molecule has 0 radical (unpaired) electrons. The maximum atomic E-state index is 11.6. The predicted molar refractivity (Wildman–Crippen MR) is 85.5 cm³/mol. The van der Waals surface area contributed by atoms with Crippen molar-refractivity contribution in [2.24, 2.45) is 12.2 Å². The Bertz CT molecular complexity index is 787. The Hall–Kier alpha value is -0.900. The fourth-order valence-electron chi connectivity index (χ4n) is 1.81. The van der Waals surface area contributed by atoms with Crippen molar-refractivity contribution in [3.05, 3.63) is 38.5 Å². The first-order chi connectivity index (χ1) is 9.70. The van der Waals surface area contributed by atoms with E-state index in [2.05, 4.69) is 37.0 Å². The lowest BCUT2D eigenvalue weighted by Crippen LogP contribution is -2.14. The highest BCUT2D eigenvalue weighted by molar-refractivity contribution is 9.10. The molecule has 1 heterocycles. The second-order valence-electron chi connectivity index (χ2n) is 4.39. The van der Waals surface area contributed by atoms with E-state index in [9.17, 15) is 8.42 Å². The molecule has 0 spiro atoms. The van der Waals surface area contributed by atoms with Gasteiger partial charge in [-0.3, -0.25) is 4.68 Å². The molecule has 21 heavy (non-hydrogen) atoms. The number of sulfonamides is 1. The minimum absolute atomic E-state index is 0.0631. The Morgan fingerprint density at radius 2 is 2.05 bits per heavy atom. The molecule has 0 aliphatic rings. The van der Waals surface area contributed by atoms with Crippen LogP contribution >= 0.6 is 31.9 Å². The van der Waals surface area contributed by atoms with E-state index < -0.39 is 10.0 Å². The minimum Gasteiger partial charge on any atom is -0.486 e. The smallest absolute Gasteiger partial charge is 0.241 e. The van der Waals surface area contributed by atoms with Gasteiger partial charge < -0.3 is 4.74 Å². The van der Waals surface area contributed by atoms with Crippen LogP contribution in [0.3, 0.4) is 0 Å². The Kier molecular flexibility index (Phi) is 4.76. The lowest BCUT2D eigenvalue weighted by Gasteiger charge is -2.11. The summed E-state index contributed by atoms with van der Waals surface area (Å²) >= 11 is 6.64. The van der Waals surface area contributed by atoms with Gasteiger partial charge in [0.15, 0.2) is 0 Å². The Morgan fingerprint density at radius 1 is 1.38 bits per heavy atom. The maximum Gasteiger partial charge on any atom is 0.241 e. The standard InChI is InChI=1S/C12H13Br2N3O3S/c1-7-12(14)9(17(2)16-7)6-20-10-4-3-8(13)5-11(10)21(15,18)19/h3-5H,6H2,1-2H3,(H2,15,18,19). The van der Waals surface area contributed by atoms with Crippen molar-refractivity contribution in [3.8, 4) is 5.75 Å². The molecule has 0 aliphatic heterocycles. The molecule has 0 fully saturated rings. The normalized spacial score (nSPS) is 11.7. The largest absolute Gasteiger partial charge is 0.486 e. The quantitative estimate of drug-likeness (QED) is 0.794. The summed E-state index contributed by atoms with van der Waals surface area (Å²) in [6, 6.07) is 4.66. The summed E-state index contributed by atoms with van der Waals surface area (Å²) in [6.07, 6.45) is 0. The van der Waals surface area contributed by atoms with Crippen LogP contribution in [0.2, 0.25) is 0 Å². The molecular weight excluding hydrogens is 426 g/mol. The van der Waals surface area contributed by atoms with Crippen molar-refractivity contribution in [1.82, 2.24) is 9.78 Å². The van der Waals surface area contributed by atoms with Crippen molar-refractivity contribution >= 4 is 41.9 Å². The highest BCUT2D eigenvalue weighted by Crippen LogP contribution is 2.28. The third kappa shape index (κ3) is 3.65. The number of aryl methyl sites for hydroxylation is 2. The van der Waals surface area contributed by atoms with Crippen molar-refractivity contribution in [3.63, 3.8) is 0 Å². The molecule has 6 nitrogen and oxygen atoms in total. The van der Waals surface area contributed by atoms with Gasteiger partial charge in [-0.1, -0.05) is 15.9 Å².